The summed E-state index contributed by atoms with van der Waals surface area (Å²) >= 11 is 6.66. The van der Waals surface area contributed by atoms with Gasteiger partial charge in [0.05, 0.1) is 33.2 Å². The molecule has 34 heavy (non-hydrogen) atoms. The molecule has 0 bridgehead atoms. The molecule has 0 radical (unpaired) electrons. The summed E-state index contributed by atoms with van der Waals surface area (Å²) in [5, 5.41) is 4.49. The van der Waals surface area contributed by atoms with Crippen LogP contribution in [0.5, 0.6) is 0 Å². The highest BCUT2D eigenvalue weighted by Crippen LogP contribution is 2.32. The number of para-hydroxylation sites is 1. The lowest BCUT2D eigenvalue weighted by Crippen LogP contribution is -2.32. The molecular formula is C23H17ClN6O3S. The predicted molar refractivity (Wildman–Crippen MR) is 130 cm³/mol. The van der Waals surface area contributed by atoms with Crippen molar-refractivity contribution in [2.24, 2.45) is 5.11 Å². The van der Waals surface area contributed by atoms with Crippen molar-refractivity contribution in [2.75, 3.05) is 11.2 Å². The molecule has 1 amide bonds. The molecule has 0 aliphatic heterocycles. The zero-order valence-corrected chi connectivity index (χ0v) is 19.4. The van der Waals surface area contributed by atoms with Crippen molar-refractivity contribution in [2.45, 2.75) is 11.4 Å². The van der Waals surface area contributed by atoms with Gasteiger partial charge in [-0.25, -0.2) is 13.4 Å². The molecule has 0 fully saturated rings. The molecule has 2 aromatic carbocycles. The zero-order chi connectivity index (χ0) is 24.3. The van der Waals surface area contributed by atoms with Crippen molar-refractivity contribution in [3.05, 3.63) is 99.6 Å². The highest BCUT2D eigenvalue weighted by atomic mass is 35.5. The molecule has 4 rings (SSSR count). The number of sulfone groups is 1. The number of carbonyl (C=O) groups excluding carboxylic acids is 1. The third-order valence-electron chi connectivity index (χ3n) is 5.05. The van der Waals surface area contributed by atoms with Crippen LogP contribution in [0.4, 0.5) is 11.5 Å². The van der Waals surface area contributed by atoms with E-state index in [-0.39, 0.29) is 33.5 Å². The van der Waals surface area contributed by atoms with E-state index in [1.165, 1.54) is 17.2 Å². The Morgan fingerprint density at radius 3 is 2.59 bits per heavy atom. The Balaban J connectivity index is 1.87. The van der Waals surface area contributed by atoms with Gasteiger partial charge in [-0.3, -0.25) is 9.78 Å². The highest BCUT2D eigenvalue weighted by molar-refractivity contribution is 7.90. The predicted octanol–water partition coefficient (Wildman–Crippen LogP) is 5.48. The van der Waals surface area contributed by atoms with E-state index in [2.05, 4.69) is 20.0 Å². The van der Waals surface area contributed by atoms with Crippen LogP contribution in [0.1, 0.15) is 15.9 Å². The number of hydrogen-bond donors (Lipinski definition) is 0. The van der Waals surface area contributed by atoms with Crippen molar-refractivity contribution in [1.82, 2.24) is 9.97 Å². The van der Waals surface area contributed by atoms with Gasteiger partial charge in [-0.2, -0.15) is 0 Å². The first-order chi connectivity index (χ1) is 16.3. The summed E-state index contributed by atoms with van der Waals surface area (Å²) in [6, 6.07) is 16.3. The summed E-state index contributed by atoms with van der Waals surface area (Å²) in [4.78, 5) is 25.9. The molecule has 2 aromatic heterocycles. The fraction of sp³-hybridized carbons (Fsp3) is 0.0870. The first-order valence-corrected chi connectivity index (χ1v) is 12.2. The number of rotatable bonds is 6. The van der Waals surface area contributed by atoms with Crippen LogP contribution in [0, 0.1) is 0 Å². The van der Waals surface area contributed by atoms with E-state index in [1.54, 1.807) is 60.8 Å². The molecule has 0 aliphatic carbocycles. The molecule has 9 nitrogen and oxygen atoms in total. The van der Waals surface area contributed by atoms with Crippen molar-refractivity contribution < 1.29 is 13.2 Å². The van der Waals surface area contributed by atoms with Gasteiger partial charge in [0.2, 0.25) is 0 Å². The lowest BCUT2D eigenvalue weighted by Gasteiger charge is -2.25. The maximum Gasteiger partial charge on any atom is 0.260 e. The molecule has 0 unspecified atom stereocenters. The third kappa shape index (κ3) is 4.69. The molecule has 0 saturated carbocycles. The van der Waals surface area contributed by atoms with Crippen LogP contribution in [0.25, 0.3) is 21.3 Å². The van der Waals surface area contributed by atoms with E-state index in [9.17, 15) is 13.2 Å². The second kappa shape index (κ2) is 9.48. The van der Waals surface area contributed by atoms with Crippen LogP contribution < -0.4 is 4.90 Å². The number of nitrogens with zero attached hydrogens (tertiary/aromatic N) is 6. The van der Waals surface area contributed by atoms with Gasteiger partial charge in [-0.15, -0.1) is 0 Å². The Labute approximate surface area is 200 Å². The van der Waals surface area contributed by atoms with Crippen molar-refractivity contribution in [1.29, 1.82) is 0 Å². The number of benzene rings is 2. The van der Waals surface area contributed by atoms with Gasteiger partial charge in [-0.05, 0) is 46.5 Å². The lowest BCUT2D eigenvalue weighted by molar-refractivity contribution is 0.0984. The molecule has 0 aliphatic rings. The van der Waals surface area contributed by atoms with Gasteiger partial charge in [-0.1, -0.05) is 41.9 Å². The fourth-order valence-electron chi connectivity index (χ4n) is 3.48. The fourth-order valence-corrected chi connectivity index (χ4v) is 4.64. The van der Waals surface area contributed by atoms with Gasteiger partial charge < -0.3 is 4.90 Å². The van der Waals surface area contributed by atoms with Gasteiger partial charge >= 0.3 is 0 Å². The number of fused-ring (bicyclic) bond motifs is 1. The van der Waals surface area contributed by atoms with E-state index in [0.717, 1.165) is 6.26 Å². The Morgan fingerprint density at radius 1 is 1.12 bits per heavy atom. The standard InChI is InChI=1S/C23H17ClN6O3S/c1-34(32,33)19-7-3-2-6-18(19)30(23(31)16-5-4-12-26-13-16)14-17-9-8-15-10-11-20(28-29-25)27-22(15)21(17)24/h2-13H,14H2,1H3. The molecule has 0 atom stereocenters. The van der Waals surface area contributed by atoms with Crippen molar-refractivity contribution in [3.63, 3.8) is 0 Å². The third-order valence-corrected chi connectivity index (χ3v) is 6.62. The summed E-state index contributed by atoms with van der Waals surface area (Å²) in [5.41, 5.74) is 10.1. The maximum absolute atomic E-state index is 13.5. The minimum absolute atomic E-state index is 0.00733. The van der Waals surface area contributed by atoms with Crippen molar-refractivity contribution >= 4 is 49.8 Å². The normalized spacial score (nSPS) is 11.1. The summed E-state index contributed by atoms with van der Waals surface area (Å²) < 4.78 is 25.0. The van der Waals surface area contributed by atoms with Crippen LogP contribution in [0.3, 0.4) is 0 Å². The second-order valence-electron chi connectivity index (χ2n) is 7.34. The SMILES string of the molecule is CS(=O)(=O)c1ccccc1N(Cc1ccc2ccc(N=[N+]=[N-])nc2c1Cl)C(=O)c1cccnc1. The smallest absolute Gasteiger partial charge is 0.260 e. The summed E-state index contributed by atoms with van der Waals surface area (Å²) in [6.45, 7) is -0.0392. The molecule has 170 valence electrons. The van der Waals surface area contributed by atoms with E-state index in [1.807, 2.05) is 0 Å². The van der Waals surface area contributed by atoms with E-state index < -0.39 is 15.7 Å². The number of hydrogen-bond acceptors (Lipinski definition) is 6. The Bertz CT molecular complexity index is 1550. The first-order valence-electron chi connectivity index (χ1n) is 9.94. The number of azide groups is 1. The monoisotopic (exact) mass is 492 g/mol. The van der Waals surface area contributed by atoms with Gasteiger partial charge in [0.1, 0.15) is 5.82 Å². The van der Waals surface area contributed by atoms with Crippen LogP contribution in [-0.2, 0) is 16.4 Å². The summed E-state index contributed by atoms with van der Waals surface area (Å²) in [6.07, 6.45) is 4.04. The largest absolute Gasteiger partial charge is 0.303 e. The van der Waals surface area contributed by atoms with E-state index >= 15 is 0 Å². The van der Waals surface area contributed by atoms with Crippen LogP contribution >= 0.6 is 11.6 Å². The average molecular weight is 493 g/mol. The van der Waals surface area contributed by atoms with Crippen LogP contribution in [0.2, 0.25) is 5.02 Å². The number of halogens is 1. The summed E-state index contributed by atoms with van der Waals surface area (Å²) in [7, 11) is -3.64. The van der Waals surface area contributed by atoms with E-state index in [0.29, 0.717) is 16.5 Å². The molecule has 4 aromatic rings. The number of anilines is 1. The Kier molecular flexibility index (Phi) is 6.47. The number of carbonyl (C=O) groups is 1. The van der Waals surface area contributed by atoms with Crippen molar-refractivity contribution in [3.8, 4) is 0 Å². The van der Waals surface area contributed by atoms with Gasteiger partial charge in [0, 0.05) is 28.9 Å². The van der Waals surface area contributed by atoms with Crippen LogP contribution in [-0.4, -0.2) is 30.5 Å². The molecular weight excluding hydrogens is 476 g/mol. The molecule has 0 spiro atoms. The molecule has 2 heterocycles. The second-order valence-corrected chi connectivity index (χ2v) is 9.70. The van der Waals surface area contributed by atoms with E-state index in [4.69, 9.17) is 17.1 Å². The minimum atomic E-state index is -3.64. The first kappa shape index (κ1) is 23.2. The summed E-state index contributed by atoms with van der Waals surface area (Å²) in [5.74, 6) is -0.295. The average Bonchev–Trinajstić information content (AvgIpc) is 2.84. The zero-order valence-electron chi connectivity index (χ0n) is 17.8. The maximum atomic E-state index is 13.5. The molecule has 11 heteroatoms. The topological polar surface area (TPSA) is 129 Å². The minimum Gasteiger partial charge on any atom is -0.303 e. The molecule has 0 N–H and O–H groups in total. The Morgan fingerprint density at radius 2 is 1.88 bits per heavy atom. The molecule has 0 saturated heterocycles. The Hall–Kier alpha value is -3.98. The number of aromatic nitrogens is 2. The highest BCUT2D eigenvalue weighted by Gasteiger charge is 2.25. The number of amides is 1. The quantitative estimate of drug-likeness (QED) is 0.200. The van der Waals surface area contributed by atoms with Crippen LogP contribution in [0.15, 0.2) is 83.1 Å². The van der Waals surface area contributed by atoms with Gasteiger partial charge in [0.25, 0.3) is 5.91 Å². The van der Waals surface area contributed by atoms with Gasteiger partial charge in [0.15, 0.2) is 9.84 Å². The lowest BCUT2D eigenvalue weighted by atomic mass is 10.1. The number of pyridine rings is 2.